The number of aromatic nitrogens is 2. The highest BCUT2D eigenvalue weighted by Crippen LogP contribution is 2.25. The second kappa shape index (κ2) is 7.60. The molecule has 4 aromatic rings. The molecule has 0 amide bonds. The summed E-state index contributed by atoms with van der Waals surface area (Å²) in [6.45, 7) is 2.43. The summed E-state index contributed by atoms with van der Waals surface area (Å²) >= 11 is 0. The zero-order valence-electron chi connectivity index (χ0n) is 16.2. The van der Waals surface area contributed by atoms with Crippen LogP contribution in [0.3, 0.4) is 0 Å². The Bertz CT molecular complexity index is 1170. The molecule has 28 heavy (non-hydrogen) atoms. The van der Waals surface area contributed by atoms with Crippen LogP contribution >= 0.6 is 0 Å². The second-order valence-corrected chi connectivity index (χ2v) is 7.50. The minimum atomic E-state index is -0.271. The molecule has 0 saturated carbocycles. The summed E-state index contributed by atoms with van der Waals surface area (Å²) in [7, 11) is 4.16. The van der Waals surface area contributed by atoms with E-state index in [9.17, 15) is 9.18 Å². The van der Waals surface area contributed by atoms with Gasteiger partial charge in [-0.05, 0) is 74.4 Å². The third-order valence-corrected chi connectivity index (χ3v) is 5.18. The van der Waals surface area contributed by atoms with E-state index in [4.69, 9.17) is 0 Å². The Labute approximate surface area is 163 Å². The van der Waals surface area contributed by atoms with E-state index in [2.05, 4.69) is 35.8 Å². The first-order valence-electron chi connectivity index (χ1n) is 9.53. The average Bonchev–Trinajstić information content (AvgIpc) is 3.09. The Hall–Kier alpha value is -2.92. The zero-order valence-corrected chi connectivity index (χ0v) is 16.2. The number of benzene rings is 2. The Balaban J connectivity index is 1.68. The van der Waals surface area contributed by atoms with E-state index in [-0.39, 0.29) is 11.4 Å². The van der Waals surface area contributed by atoms with Crippen LogP contribution in [0.15, 0.2) is 65.7 Å². The molecule has 0 aliphatic heterocycles. The van der Waals surface area contributed by atoms with Gasteiger partial charge in [-0.3, -0.25) is 4.79 Å². The lowest BCUT2D eigenvalue weighted by atomic mass is 10.1. The van der Waals surface area contributed by atoms with E-state index in [1.165, 1.54) is 12.1 Å². The molecule has 0 atom stereocenters. The molecular weight excluding hydrogens is 353 g/mol. The van der Waals surface area contributed by atoms with E-state index in [1.807, 2.05) is 24.4 Å². The van der Waals surface area contributed by atoms with Crippen molar-refractivity contribution in [3.63, 3.8) is 0 Å². The summed E-state index contributed by atoms with van der Waals surface area (Å²) in [6, 6.07) is 14.3. The summed E-state index contributed by atoms with van der Waals surface area (Å²) in [5.74, 6) is -0.271. The first-order chi connectivity index (χ1) is 13.5. The molecule has 0 aliphatic carbocycles. The van der Waals surface area contributed by atoms with E-state index < -0.39 is 0 Å². The molecule has 0 saturated heterocycles. The van der Waals surface area contributed by atoms with Crippen LogP contribution in [0.2, 0.25) is 0 Å². The predicted molar refractivity (Wildman–Crippen MR) is 112 cm³/mol. The van der Waals surface area contributed by atoms with E-state index >= 15 is 0 Å². The van der Waals surface area contributed by atoms with Gasteiger partial charge in [-0.2, -0.15) is 0 Å². The molecule has 0 fully saturated rings. The van der Waals surface area contributed by atoms with Gasteiger partial charge in [0, 0.05) is 35.2 Å². The zero-order chi connectivity index (χ0) is 19.7. The van der Waals surface area contributed by atoms with Gasteiger partial charge in [-0.25, -0.2) is 4.39 Å². The minimum absolute atomic E-state index is 0.0240. The largest absolute Gasteiger partial charge is 0.347 e. The van der Waals surface area contributed by atoms with E-state index in [1.54, 1.807) is 16.7 Å². The van der Waals surface area contributed by atoms with Gasteiger partial charge in [0.1, 0.15) is 5.82 Å². The fraction of sp³-hybridized carbons (Fsp3) is 0.261. The standard InChI is InChI=1S/C23H24FN3O/c1-25(2)12-3-13-26-14-11-20-19-10-15-27(16-17-4-6-18(24)7-5-17)23(28)21(19)8-9-22(20)26/h4-11,14-15H,3,12-13,16H2,1-2H3. The molecule has 0 unspecified atom stereocenters. The van der Waals surface area contributed by atoms with Crippen LogP contribution in [-0.4, -0.2) is 34.7 Å². The summed E-state index contributed by atoms with van der Waals surface area (Å²) in [5.41, 5.74) is 2.03. The third-order valence-electron chi connectivity index (χ3n) is 5.18. The van der Waals surface area contributed by atoms with E-state index in [0.29, 0.717) is 11.9 Å². The lowest BCUT2D eigenvalue weighted by Gasteiger charge is -2.11. The van der Waals surface area contributed by atoms with Crippen molar-refractivity contribution in [3.8, 4) is 0 Å². The smallest absolute Gasteiger partial charge is 0.258 e. The fourth-order valence-corrected chi connectivity index (χ4v) is 3.71. The Kier molecular flexibility index (Phi) is 5.01. The van der Waals surface area contributed by atoms with Gasteiger partial charge in [0.25, 0.3) is 5.56 Å². The molecule has 2 heterocycles. The number of fused-ring (bicyclic) bond motifs is 3. The van der Waals surface area contributed by atoms with Gasteiger partial charge in [0.2, 0.25) is 0 Å². The Morgan fingerprint density at radius 2 is 1.57 bits per heavy atom. The number of hydrogen-bond donors (Lipinski definition) is 0. The molecular formula is C23H24FN3O. The van der Waals surface area contributed by atoms with Crippen LogP contribution in [0.1, 0.15) is 12.0 Å². The lowest BCUT2D eigenvalue weighted by Crippen LogP contribution is -2.20. The van der Waals surface area contributed by atoms with Gasteiger partial charge in [-0.15, -0.1) is 0 Å². The lowest BCUT2D eigenvalue weighted by molar-refractivity contribution is 0.388. The van der Waals surface area contributed by atoms with Crippen LogP contribution in [0.5, 0.6) is 0 Å². The van der Waals surface area contributed by atoms with Crippen LogP contribution in [0.4, 0.5) is 4.39 Å². The summed E-state index contributed by atoms with van der Waals surface area (Å²) in [4.78, 5) is 15.2. The van der Waals surface area contributed by atoms with Gasteiger partial charge in [0.05, 0.1) is 6.54 Å². The van der Waals surface area contributed by atoms with Gasteiger partial charge in [0.15, 0.2) is 0 Å². The second-order valence-electron chi connectivity index (χ2n) is 7.50. The maximum absolute atomic E-state index is 13.1. The highest BCUT2D eigenvalue weighted by atomic mass is 19.1. The van der Waals surface area contributed by atoms with Crippen LogP contribution in [0.25, 0.3) is 21.7 Å². The third kappa shape index (κ3) is 3.58. The Morgan fingerprint density at radius 3 is 2.32 bits per heavy atom. The quantitative estimate of drug-likeness (QED) is 0.507. The van der Waals surface area contributed by atoms with Crippen molar-refractivity contribution in [2.45, 2.75) is 19.5 Å². The molecule has 0 radical (unpaired) electrons. The van der Waals surface area contributed by atoms with Crippen molar-refractivity contribution in [2.24, 2.45) is 0 Å². The van der Waals surface area contributed by atoms with Crippen molar-refractivity contribution >= 4 is 21.7 Å². The molecule has 2 aromatic heterocycles. The maximum atomic E-state index is 13.1. The molecule has 0 spiro atoms. The van der Waals surface area contributed by atoms with Crippen LogP contribution < -0.4 is 5.56 Å². The van der Waals surface area contributed by atoms with Crippen LogP contribution in [-0.2, 0) is 13.1 Å². The molecule has 144 valence electrons. The van der Waals surface area contributed by atoms with Gasteiger partial charge >= 0.3 is 0 Å². The molecule has 0 aliphatic rings. The topological polar surface area (TPSA) is 30.2 Å². The number of rotatable bonds is 6. The number of hydrogen-bond acceptors (Lipinski definition) is 2. The monoisotopic (exact) mass is 377 g/mol. The summed E-state index contributed by atoms with van der Waals surface area (Å²) in [6.07, 6.45) is 5.01. The summed E-state index contributed by atoms with van der Waals surface area (Å²) < 4.78 is 17.0. The number of aryl methyl sites for hydroxylation is 1. The number of pyridine rings is 1. The molecule has 4 rings (SSSR count). The SMILES string of the molecule is CN(C)CCCn1ccc2c3ccn(Cc4ccc(F)cc4)c(=O)c3ccc21. The van der Waals surface area contributed by atoms with Crippen molar-refractivity contribution in [2.75, 3.05) is 20.6 Å². The summed E-state index contributed by atoms with van der Waals surface area (Å²) in [5, 5.41) is 2.79. The molecule has 0 N–H and O–H groups in total. The first kappa shape index (κ1) is 18.4. The van der Waals surface area contributed by atoms with Crippen molar-refractivity contribution in [3.05, 3.63) is 82.7 Å². The average molecular weight is 377 g/mol. The Morgan fingerprint density at radius 1 is 0.857 bits per heavy atom. The highest BCUT2D eigenvalue weighted by Gasteiger charge is 2.10. The fourth-order valence-electron chi connectivity index (χ4n) is 3.71. The molecule has 2 aromatic carbocycles. The molecule has 0 bridgehead atoms. The predicted octanol–water partition coefficient (Wildman–Crippen LogP) is 4.10. The van der Waals surface area contributed by atoms with Gasteiger partial charge in [-0.1, -0.05) is 12.1 Å². The van der Waals surface area contributed by atoms with Crippen molar-refractivity contribution in [1.82, 2.24) is 14.0 Å². The molecule has 4 nitrogen and oxygen atoms in total. The maximum Gasteiger partial charge on any atom is 0.258 e. The van der Waals surface area contributed by atoms with Crippen molar-refractivity contribution in [1.29, 1.82) is 0 Å². The minimum Gasteiger partial charge on any atom is -0.347 e. The van der Waals surface area contributed by atoms with Crippen molar-refractivity contribution < 1.29 is 4.39 Å². The van der Waals surface area contributed by atoms with Gasteiger partial charge < -0.3 is 14.0 Å². The number of nitrogens with zero attached hydrogens (tertiary/aromatic N) is 3. The number of halogens is 1. The molecule has 5 heteroatoms. The highest BCUT2D eigenvalue weighted by molar-refractivity contribution is 6.06. The normalized spacial score (nSPS) is 11.7. The first-order valence-corrected chi connectivity index (χ1v) is 9.53. The van der Waals surface area contributed by atoms with Crippen LogP contribution in [0, 0.1) is 5.82 Å². The van der Waals surface area contributed by atoms with E-state index in [0.717, 1.165) is 41.4 Å².